The molecule has 36 heavy (non-hydrogen) atoms. The van der Waals surface area contributed by atoms with Crippen molar-refractivity contribution in [1.29, 1.82) is 0 Å². The maximum atomic E-state index is 14.1. The van der Waals surface area contributed by atoms with Crippen molar-refractivity contribution in [3.8, 4) is 39.0 Å². The van der Waals surface area contributed by atoms with E-state index in [9.17, 15) is 9.59 Å². The number of halogens is 1. The lowest BCUT2D eigenvalue weighted by atomic mass is 9.93. The summed E-state index contributed by atoms with van der Waals surface area (Å²) in [6, 6.07) is 14.6. The number of hydrogen-bond donors (Lipinski definition) is 0. The van der Waals surface area contributed by atoms with Gasteiger partial charge in [0, 0.05) is 33.6 Å². The number of para-hydroxylation sites is 1. The first-order valence-corrected chi connectivity index (χ1v) is 13.2. The first-order valence-electron chi connectivity index (χ1n) is 11.9. The number of pyridine rings is 1. The number of fused-ring (bicyclic) bond motifs is 1. The molecule has 0 radical (unpaired) electrons. The Morgan fingerprint density at radius 3 is 2.33 bits per heavy atom. The van der Waals surface area contributed by atoms with Crippen LogP contribution in [0.25, 0.3) is 27.5 Å². The fourth-order valence-electron chi connectivity index (χ4n) is 4.50. The number of thiazole rings is 1. The van der Waals surface area contributed by atoms with Crippen molar-refractivity contribution in [2.75, 3.05) is 13.2 Å². The van der Waals surface area contributed by atoms with E-state index < -0.39 is 0 Å². The first kappa shape index (κ1) is 24.3. The lowest BCUT2D eigenvalue weighted by molar-refractivity contribution is 0.0971. The molecular weight excluding hydrogens is 496 g/mol. The number of ketones is 1. The Bertz CT molecular complexity index is 1470. The van der Waals surface area contributed by atoms with Gasteiger partial charge in [-0.25, -0.2) is 4.98 Å². The van der Waals surface area contributed by atoms with Gasteiger partial charge in [0.05, 0.1) is 24.5 Å². The normalized spacial score (nSPS) is 12.9. The Labute approximate surface area is 218 Å². The van der Waals surface area contributed by atoms with E-state index in [1.54, 1.807) is 22.8 Å². The molecule has 0 N–H and O–H groups in total. The van der Waals surface area contributed by atoms with Gasteiger partial charge in [0.2, 0.25) is 0 Å². The van der Waals surface area contributed by atoms with Crippen molar-refractivity contribution in [1.82, 2.24) is 9.55 Å². The third-order valence-corrected chi connectivity index (χ3v) is 7.21. The minimum absolute atomic E-state index is 0.0209. The molecule has 5 rings (SSSR count). The van der Waals surface area contributed by atoms with Crippen molar-refractivity contribution in [2.45, 2.75) is 33.1 Å². The number of nitrogens with zero attached hydrogens (tertiary/aromatic N) is 2. The second-order valence-corrected chi connectivity index (χ2v) is 9.64. The minimum Gasteiger partial charge on any atom is -0.492 e. The summed E-state index contributed by atoms with van der Waals surface area (Å²) in [6.07, 6.45) is 1.74. The zero-order valence-corrected chi connectivity index (χ0v) is 21.6. The van der Waals surface area contributed by atoms with E-state index in [1.807, 2.05) is 49.6 Å². The predicted octanol–water partition coefficient (Wildman–Crippen LogP) is 6.60. The second kappa shape index (κ2) is 10.3. The van der Waals surface area contributed by atoms with E-state index in [1.165, 1.54) is 11.3 Å². The van der Waals surface area contributed by atoms with Crippen molar-refractivity contribution >= 4 is 28.7 Å². The van der Waals surface area contributed by atoms with Crippen LogP contribution >= 0.6 is 22.9 Å². The number of benzene rings is 2. The van der Waals surface area contributed by atoms with Gasteiger partial charge in [0.1, 0.15) is 22.2 Å². The SMILES string of the molecule is CCOc1cccc(OCC)c1-n1c2c(cc(-c3nc(-c4ccc(Cl)cc4)cs3)c1=O)C(=O)CCC2. The number of Topliss-reactive ketones (excluding diaryl/α,β-unsaturated/α-hetero) is 1. The second-order valence-electron chi connectivity index (χ2n) is 8.35. The van der Waals surface area contributed by atoms with Gasteiger partial charge in [-0.1, -0.05) is 29.8 Å². The van der Waals surface area contributed by atoms with Gasteiger partial charge < -0.3 is 9.47 Å². The van der Waals surface area contributed by atoms with Crippen molar-refractivity contribution < 1.29 is 14.3 Å². The maximum absolute atomic E-state index is 14.1. The van der Waals surface area contributed by atoms with E-state index >= 15 is 0 Å². The summed E-state index contributed by atoms with van der Waals surface area (Å²) in [5.41, 5.74) is 3.52. The topological polar surface area (TPSA) is 70.4 Å². The highest BCUT2D eigenvalue weighted by Crippen LogP contribution is 2.37. The van der Waals surface area contributed by atoms with Gasteiger partial charge in [0.15, 0.2) is 5.78 Å². The molecule has 0 aliphatic heterocycles. The zero-order valence-electron chi connectivity index (χ0n) is 20.0. The van der Waals surface area contributed by atoms with Gasteiger partial charge >= 0.3 is 0 Å². The summed E-state index contributed by atoms with van der Waals surface area (Å²) in [6.45, 7) is 4.64. The number of hydrogen-bond acceptors (Lipinski definition) is 6. The van der Waals surface area contributed by atoms with Crippen LogP contribution in [-0.2, 0) is 6.42 Å². The van der Waals surface area contributed by atoms with Gasteiger partial charge in [-0.15, -0.1) is 11.3 Å². The van der Waals surface area contributed by atoms with Crippen LogP contribution in [0.3, 0.4) is 0 Å². The number of carbonyl (C=O) groups excluding carboxylic acids is 1. The third-order valence-electron chi connectivity index (χ3n) is 6.08. The molecule has 0 amide bonds. The summed E-state index contributed by atoms with van der Waals surface area (Å²) in [4.78, 5) is 31.9. The number of ether oxygens (including phenoxy) is 2. The smallest absolute Gasteiger partial charge is 0.265 e. The summed E-state index contributed by atoms with van der Waals surface area (Å²) < 4.78 is 13.5. The average molecular weight is 521 g/mol. The Morgan fingerprint density at radius 1 is 0.972 bits per heavy atom. The van der Waals surface area contributed by atoms with Crippen LogP contribution in [0.2, 0.25) is 5.02 Å². The molecule has 2 aromatic carbocycles. The van der Waals surface area contributed by atoms with E-state index in [-0.39, 0.29) is 11.3 Å². The summed E-state index contributed by atoms with van der Waals surface area (Å²) in [7, 11) is 0. The monoisotopic (exact) mass is 520 g/mol. The van der Waals surface area contributed by atoms with Crippen molar-refractivity contribution in [3.63, 3.8) is 0 Å². The van der Waals surface area contributed by atoms with Crippen molar-refractivity contribution in [2.24, 2.45) is 0 Å². The molecule has 8 heteroatoms. The Hall–Kier alpha value is -3.42. The summed E-state index contributed by atoms with van der Waals surface area (Å²) in [5.74, 6) is 1.08. The van der Waals surface area contributed by atoms with Gasteiger partial charge in [-0.05, 0) is 57.0 Å². The number of aromatic nitrogens is 2. The average Bonchev–Trinajstić information content (AvgIpc) is 3.36. The minimum atomic E-state index is -0.256. The van der Waals surface area contributed by atoms with E-state index in [0.717, 1.165) is 11.3 Å². The molecule has 4 aromatic rings. The standard InChI is InChI=1S/C28H25ClN2O4S/c1-3-34-24-9-6-10-25(35-4-2)26(24)31-22-7-5-8-23(32)19(22)15-20(28(31)33)27-30-21(16-36-27)17-11-13-18(29)14-12-17/h6,9-16H,3-5,7-8H2,1-2H3. The Morgan fingerprint density at radius 2 is 1.67 bits per heavy atom. The molecule has 0 saturated heterocycles. The molecular formula is C28H25ClN2O4S. The fraction of sp³-hybridized carbons (Fsp3) is 0.250. The molecule has 1 aliphatic rings. The van der Waals surface area contributed by atoms with Gasteiger partial charge in [0.25, 0.3) is 5.56 Å². The molecule has 0 bridgehead atoms. The van der Waals surface area contributed by atoms with E-state index in [4.69, 9.17) is 26.1 Å². The molecule has 2 aromatic heterocycles. The summed E-state index contributed by atoms with van der Waals surface area (Å²) in [5, 5.41) is 3.10. The number of carbonyl (C=O) groups is 1. The van der Waals surface area contributed by atoms with Gasteiger partial charge in [-0.3, -0.25) is 14.2 Å². The molecule has 0 unspecified atom stereocenters. The molecule has 184 valence electrons. The van der Waals surface area contributed by atoms with Crippen LogP contribution in [0.1, 0.15) is 42.7 Å². The Balaban J connectivity index is 1.76. The molecule has 0 spiro atoms. The Kier molecular flexibility index (Phi) is 6.94. The zero-order chi connectivity index (χ0) is 25.2. The molecule has 6 nitrogen and oxygen atoms in total. The molecule has 2 heterocycles. The largest absolute Gasteiger partial charge is 0.492 e. The molecule has 0 atom stereocenters. The highest BCUT2D eigenvalue weighted by Gasteiger charge is 2.28. The lowest BCUT2D eigenvalue weighted by Crippen LogP contribution is -2.29. The highest BCUT2D eigenvalue weighted by atomic mass is 35.5. The van der Waals surface area contributed by atoms with Crippen LogP contribution in [0, 0.1) is 0 Å². The molecule has 0 saturated carbocycles. The van der Waals surface area contributed by atoms with Crippen LogP contribution in [0.4, 0.5) is 0 Å². The van der Waals surface area contributed by atoms with Crippen LogP contribution in [-0.4, -0.2) is 28.5 Å². The van der Waals surface area contributed by atoms with Gasteiger partial charge in [-0.2, -0.15) is 0 Å². The maximum Gasteiger partial charge on any atom is 0.265 e. The quantitative estimate of drug-likeness (QED) is 0.274. The van der Waals surface area contributed by atoms with E-state index in [0.29, 0.717) is 76.5 Å². The summed E-state index contributed by atoms with van der Waals surface area (Å²) >= 11 is 7.40. The lowest BCUT2D eigenvalue weighted by Gasteiger charge is -2.24. The third kappa shape index (κ3) is 4.45. The first-order chi connectivity index (χ1) is 17.5. The number of rotatable bonds is 7. The van der Waals surface area contributed by atoms with Crippen LogP contribution < -0.4 is 15.0 Å². The fourth-order valence-corrected chi connectivity index (χ4v) is 5.46. The van der Waals surface area contributed by atoms with Crippen molar-refractivity contribution in [3.05, 3.63) is 80.5 Å². The predicted molar refractivity (Wildman–Crippen MR) is 143 cm³/mol. The molecule has 0 fully saturated rings. The van der Waals surface area contributed by atoms with Crippen LogP contribution in [0.15, 0.2) is 58.7 Å². The molecule has 1 aliphatic carbocycles. The van der Waals surface area contributed by atoms with Crippen LogP contribution in [0.5, 0.6) is 11.5 Å². The van der Waals surface area contributed by atoms with E-state index in [2.05, 4.69) is 0 Å². The highest BCUT2D eigenvalue weighted by molar-refractivity contribution is 7.13.